The molecule has 1 unspecified atom stereocenters. The largest absolute Gasteiger partial charge is 0.497 e. The summed E-state index contributed by atoms with van der Waals surface area (Å²) in [5.74, 6) is 2.39. The van der Waals surface area contributed by atoms with Crippen molar-refractivity contribution in [2.24, 2.45) is 0 Å². The van der Waals surface area contributed by atoms with E-state index in [2.05, 4.69) is 10.1 Å². The molecule has 1 fully saturated rings. The van der Waals surface area contributed by atoms with Crippen LogP contribution in [-0.4, -0.2) is 41.7 Å². The third kappa shape index (κ3) is 3.55. The minimum absolute atomic E-state index is 0.0814. The molecule has 1 atom stereocenters. The molecule has 0 aliphatic carbocycles. The molecule has 4 rings (SSSR count). The molecular weight excluding hydrogens is 358 g/mol. The van der Waals surface area contributed by atoms with E-state index in [0.29, 0.717) is 37.0 Å². The van der Waals surface area contributed by atoms with Crippen LogP contribution in [0.5, 0.6) is 11.5 Å². The van der Waals surface area contributed by atoms with Crippen molar-refractivity contribution in [1.29, 1.82) is 0 Å². The van der Waals surface area contributed by atoms with E-state index in [1.54, 1.807) is 14.2 Å². The van der Waals surface area contributed by atoms with Gasteiger partial charge in [-0.05, 0) is 29.8 Å². The number of carbonyl (C=O) groups excluding carboxylic acids is 1. The van der Waals surface area contributed by atoms with Gasteiger partial charge in [0.2, 0.25) is 17.6 Å². The molecule has 0 saturated carbocycles. The number of amides is 1. The maximum absolute atomic E-state index is 12.5. The highest BCUT2D eigenvalue weighted by Gasteiger charge is 2.34. The van der Waals surface area contributed by atoms with Crippen LogP contribution in [0.2, 0.25) is 0 Å². The van der Waals surface area contributed by atoms with Crippen molar-refractivity contribution in [1.82, 2.24) is 15.0 Å². The first-order chi connectivity index (χ1) is 13.7. The number of nitrogens with zero attached hydrogens (tertiary/aromatic N) is 3. The number of carbonyl (C=O) groups is 1. The van der Waals surface area contributed by atoms with E-state index >= 15 is 0 Å². The van der Waals surface area contributed by atoms with Crippen LogP contribution in [-0.2, 0) is 11.3 Å². The zero-order valence-corrected chi connectivity index (χ0v) is 15.8. The summed E-state index contributed by atoms with van der Waals surface area (Å²) >= 11 is 0. The van der Waals surface area contributed by atoms with Gasteiger partial charge in [-0.3, -0.25) is 4.79 Å². The van der Waals surface area contributed by atoms with Crippen molar-refractivity contribution in [3.05, 3.63) is 60.0 Å². The fraction of sp³-hybridized carbons (Fsp3) is 0.286. The lowest BCUT2D eigenvalue weighted by atomic mass is 10.1. The van der Waals surface area contributed by atoms with Gasteiger partial charge in [0, 0.05) is 19.5 Å². The summed E-state index contributed by atoms with van der Waals surface area (Å²) in [6, 6.07) is 15.2. The van der Waals surface area contributed by atoms with Gasteiger partial charge in [0.05, 0.1) is 25.7 Å². The zero-order valence-electron chi connectivity index (χ0n) is 15.8. The van der Waals surface area contributed by atoms with Crippen LogP contribution in [0.1, 0.15) is 23.8 Å². The lowest BCUT2D eigenvalue weighted by Gasteiger charge is -2.16. The maximum atomic E-state index is 12.5. The van der Waals surface area contributed by atoms with Crippen LogP contribution in [0.15, 0.2) is 53.1 Å². The average molecular weight is 379 g/mol. The van der Waals surface area contributed by atoms with Crippen LogP contribution < -0.4 is 9.47 Å². The number of hydrogen-bond donors (Lipinski definition) is 0. The van der Waals surface area contributed by atoms with Crippen molar-refractivity contribution in [3.63, 3.8) is 0 Å². The zero-order chi connectivity index (χ0) is 19.5. The topological polar surface area (TPSA) is 77.7 Å². The van der Waals surface area contributed by atoms with Crippen LogP contribution in [0.25, 0.3) is 11.4 Å². The minimum atomic E-state index is -0.110. The number of methoxy groups -OCH3 is 2. The van der Waals surface area contributed by atoms with Crippen LogP contribution in [0.4, 0.5) is 0 Å². The summed E-state index contributed by atoms with van der Waals surface area (Å²) in [4.78, 5) is 18.8. The monoisotopic (exact) mass is 379 g/mol. The molecule has 0 N–H and O–H groups in total. The van der Waals surface area contributed by atoms with E-state index in [0.717, 1.165) is 16.9 Å². The molecule has 1 aliphatic rings. The Hall–Kier alpha value is -3.35. The number of likely N-dealkylation sites (tertiary alicyclic amines) is 1. The van der Waals surface area contributed by atoms with E-state index in [4.69, 9.17) is 14.0 Å². The highest BCUT2D eigenvalue weighted by Crippen LogP contribution is 2.32. The lowest BCUT2D eigenvalue weighted by Crippen LogP contribution is -2.24. The molecule has 144 valence electrons. The summed E-state index contributed by atoms with van der Waals surface area (Å²) in [5.41, 5.74) is 1.81. The standard InChI is InChI=1S/C21H21N3O4/c1-26-16-9-7-14(8-10-16)12-24-13-15(11-19(24)25)21-22-20(23-28-21)17-5-3-4-6-18(17)27-2/h3-10,15H,11-13H2,1-2H3. The Balaban J connectivity index is 1.47. The molecule has 0 radical (unpaired) electrons. The average Bonchev–Trinajstić information content (AvgIpc) is 3.36. The van der Waals surface area contributed by atoms with Gasteiger partial charge in [0.25, 0.3) is 0 Å². The number of benzene rings is 2. The Morgan fingerprint density at radius 2 is 1.89 bits per heavy atom. The van der Waals surface area contributed by atoms with Gasteiger partial charge in [0.1, 0.15) is 11.5 Å². The second-order valence-corrected chi connectivity index (χ2v) is 6.68. The van der Waals surface area contributed by atoms with Gasteiger partial charge < -0.3 is 18.9 Å². The highest BCUT2D eigenvalue weighted by molar-refractivity contribution is 5.79. The Bertz CT molecular complexity index is 968. The summed E-state index contributed by atoms with van der Waals surface area (Å²) < 4.78 is 16.0. The third-order valence-electron chi connectivity index (χ3n) is 4.89. The normalized spacial score (nSPS) is 16.4. The van der Waals surface area contributed by atoms with Crippen molar-refractivity contribution < 1.29 is 18.8 Å². The van der Waals surface area contributed by atoms with E-state index < -0.39 is 0 Å². The second-order valence-electron chi connectivity index (χ2n) is 6.68. The van der Waals surface area contributed by atoms with E-state index in [-0.39, 0.29) is 11.8 Å². The molecule has 0 bridgehead atoms. The van der Waals surface area contributed by atoms with Crippen LogP contribution in [0, 0.1) is 0 Å². The summed E-state index contributed by atoms with van der Waals surface area (Å²) in [6.07, 6.45) is 0.365. The Morgan fingerprint density at radius 1 is 1.11 bits per heavy atom. The highest BCUT2D eigenvalue weighted by atomic mass is 16.5. The van der Waals surface area contributed by atoms with Crippen molar-refractivity contribution in [2.45, 2.75) is 18.9 Å². The molecule has 7 heteroatoms. The van der Waals surface area contributed by atoms with Gasteiger partial charge in [-0.2, -0.15) is 4.98 Å². The first-order valence-corrected chi connectivity index (χ1v) is 9.05. The smallest absolute Gasteiger partial charge is 0.232 e. The molecule has 1 saturated heterocycles. The molecule has 28 heavy (non-hydrogen) atoms. The molecule has 1 aliphatic heterocycles. The van der Waals surface area contributed by atoms with Gasteiger partial charge >= 0.3 is 0 Å². The number of ether oxygens (including phenoxy) is 2. The van der Waals surface area contributed by atoms with Gasteiger partial charge in [0.15, 0.2) is 0 Å². The molecular formula is C21H21N3O4. The number of aromatic nitrogens is 2. The Morgan fingerprint density at radius 3 is 2.64 bits per heavy atom. The molecule has 1 amide bonds. The fourth-order valence-electron chi connectivity index (χ4n) is 3.38. The predicted molar refractivity (Wildman–Crippen MR) is 102 cm³/mol. The minimum Gasteiger partial charge on any atom is -0.497 e. The maximum Gasteiger partial charge on any atom is 0.232 e. The van der Waals surface area contributed by atoms with Gasteiger partial charge in [-0.1, -0.05) is 29.4 Å². The number of rotatable bonds is 6. The van der Waals surface area contributed by atoms with Gasteiger partial charge in [-0.15, -0.1) is 0 Å². The first-order valence-electron chi connectivity index (χ1n) is 9.05. The molecule has 1 aromatic heterocycles. The molecule has 2 heterocycles. The molecule has 3 aromatic rings. The number of para-hydroxylation sites is 1. The third-order valence-corrected chi connectivity index (χ3v) is 4.89. The molecule has 2 aromatic carbocycles. The van der Waals surface area contributed by atoms with Crippen molar-refractivity contribution in [2.75, 3.05) is 20.8 Å². The van der Waals surface area contributed by atoms with E-state index in [1.807, 2.05) is 53.4 Å². The Kier molecular flexibility index (Phi) is 4.97. The summed E-state index contributed by atoms with van der Waals surface area (Å²) in [6.45, 7) is 1.10. The molecule has 0 spiro atoms. The lowest BCUT2D eigenvalue weighted by molar-refractivity contribution is -0.128. The summed E-state index contributed by atoms with van der Waals surface area (Å²) in [7, 11) is 3.24. The van der Waals surface area contributed by atoms with E-state index in [9.17, 15) is 4.79 Å². The van der Waals surface area contributed by atoms with Crippen LogP contribution in [0.3, 0.4) is 0 Å². The quantitative estimate of drug-likeness (QED) is 0.654. The fourth-order valence-corrected chi connectivity index (χ4v) is 3.38. The van der Waals surface area contributed by atoms with E-state index in [1.165, 1.54) is 0 Å². The second kappa shape index (κ2) is 7.72. The predicted octanol–water partition coefficient (Wildman–Crippen LogP) is 3.27. The number of hydrogen-bond acceptors (Lipinski definition) is 6. The summed E-state index contributed by atoms with van der Waals surface area (Å²) in [5, 5.41) is 4.08. The SMILES string of the molecule is COc1ccc(CN2CC(c3nc(-c4ccccc4OC)no3)CC2=O)cc1. The van der Waals surface area contributed by atoms with Gasteiger partial charge in [-0.25, -0.2) is 0 Å². The van der Waals surface area contributed by atoms with Crippen molar-refractivity contribution >= 4 is 5.91 Å². The Labute approximate surface area is 162 Å². The first kappa shape index (κ1) is 18.0. The molecule has 7 nitrogen and oxygen atoms in total. The van der Waals surface area contributed by atoms with Crippen molar-refractivity contribution in [3.8, 4) is 22.9 Å². The van der Waals surface area contributed by atoms with Crippen LogP contribution >= 0.6 is 0 Å².